The van der Waals surface area contributed by atoms with E-state index < -0.39 is 0 Å². The second kappa shape index (κ2) is 5.32. The summed E-state index contributed by atoms with van der Waals surface area (Å²) >= 11 is 1.97. The Morgan fingerprint density at radius 1 is 1.45 bits per heavy atom. The number of ether oxygens (including phenoxy) is 1. The smallest absolute Gasteiger partial charge is 0.270 e. The van der Waals surface area contributed by atoms with Crippen LogP contribution in [-0.4, -0.2) is 52.1 Å². The number of rotatable bonds is 3. The van der Waals surface area contributed by atoms with Crippen molar-refractivity contribution in [3.8, 4) is 0 Å². The van der Waals surface area contributed by atoms with Gasteiger partial charge in [0, 0.05) is 36.4 Å². The molecule has 1 spiro atoms. The van der Waals surface area contributed by atoms with Crippen LogP contribution in [0.2, 0.25) is 0 Å². The van der Waals surface area contributed by atoms with Gasteiger partial charge in [0.25, 0.3) is 5.91 Å². The molecule has 0 saturated carbocycles. The molecule has 1 aromatic heterocycles. The van der Waals surface area contributed by atoms with Gasteiger partial charge in [-0.1, -0.05) is 18.2 Å². The molecule has 1 N–H and O–H groups in total. The second-order valence-corrected chi connectivity index (χ2v) is 7.70. The first-order chi connectivity index (χ1) is 10.7. The van der Waals surface area contributed by atoms with Crippen molar-refractivity contribution in [2.45, 2.75) is 24.2 Å². The third-order valence-corrected chi connectivity index (χ3v) is 6.16. The zero-order chi connectivity index (χ0) is 15.2. The Labute approximate surface area is 134 Å². The zero-order valence-corrected chi connectivity index (χ0v) is 13.5. The van der Waals surface area contributed by atoms with E-state index in [9.17, 15) is 4.79 Å². The van der Waals surface area contributed by atoms with Crippen LogP contribution in [0.25, 0.3) is 10.9 Å². The topological polar surface area (TPSA) is 45.3 Å². The van der Waals surface area contributed by atoms with E-state index >= 15 is 0 Å². The Bertz CT molecular complexity index is 673. The van der Waals surface area contributed by atoms with Crippen molar-refractivity contribution in [1.82, 2.24) is 9.88 Å². The summed E-state index contributed by atoms with van der Waals surface area (Å²) in [6, 6.07) is 9.96. The molecule has 0 aliphatic carbocycles. The molecule has 5 heteroatoms. The second-order valence-electron chi connectivity index (χ2n) is 6.21. The number of carbonyl (C=O) groups is 1. The molecule has 2 saturated heterocycles. The lowest BCUT2D eigenvalue weighted by Gasteiger charge is -2.47. The van der Waals surface area contributed by atoms with Gasteiger partial charge in [0.05, 0.1) is 10.9 Å². The minimum Gasteiger partial charge on any atom is -0.378 e. The van der Waals surface area contributed by atoms with E-state index in [1.54, 1.807) is 0 Å². The molecule has 22 heavy (non-hydrogen) atoms. The van der Waals surface area contributed by atoms with Crippen molar-refractivity contribution in [3.63, 3.8) is 0 Å². The van der Waals surface area contributed by atoms with Gasteiger partial charge in [0.15, 0.2) is 0 Å². The van der Waals surface area contributed by atoms with Gasteiger partial charge >= 0.3 is 0 Å². The SMILES string of the molecule is CCOC1CSC2(C1)CN(C(=O)c1cc3ccccc3[nH]1)C2. The summed E-state index contributed by atoms with van der Waals surface area (Å²) < 4.78 is 5.96. The molecule has 116 valence electrons. The summed E-state index contributed by atoms with van der Waals surface area (Å²) in [5, 5.41) is 1.09. The molecular formula is C17H20N2O2S. The first-order valence-electron chi connectivity index (χ1n) is 7.82. The van der Waals surface area contributed by atoms with Crippen LogP contribution >= 0.6 is 11.8 Å². The summed E-state index contributed by atoms with van der Waals surface area (Å²) in [6.45, 7) is 4.51. The first kappa shape index (κ1) is 14.2. The molecule has 1 amide bonds. The van der Waals surface area contributed by atoms with Gasteiger partial charge in [-0.2, -0.15) is 0 Å². The molecule has 3 heterocycles. The molecule has 2 aliphatic heterocycles. The minimum atomic E-state index is 0.113. The number of para-hydroxylation sites is 1. The third-order valence-electron chi connectivity index (χ3n) is 4.58. The molecule has 2 fully saturated rings. The number of aromatic amines is 1. The Morgan fingerprint density at radius 2 is 2.27 bits per heavy atom. The molecule has 4 rings (SSSR count). The Balaban J connectivity index is 1.43. The molecule has 1 unspecified atom stereocenters. The lowest BCUT2D eigenvalue weighted by molar-refractivity contribution is 0.0356. The molecule has 0 bridgehead atoms. The summed E-state index contributed by atoms with van der Waals surface area (Å²) in [5.41, 5.74) is 1.72. The zero-order valence-electron chi connectivity index (χ0n) is 12.7. The van der Waals surface area contributed by atoms with Gasteiger partial charge in [-0.05, 0) is 25.5 Å². The van der Waals surface area contributed by atoms with Gasteiger partial charge < -0.3 is 14.6 Å². The van der Waals surface area contributed by atoms with Gasteiger partial charge in [-0.25, -0.2) is 0 Å². The summed E-state index contributed by atoms with van der Waals surface area (Å²) in [6.07, 6.45) is 1.43. The van der Waals surface area contributed by atoms with E-state index in [2.05, 4.69) is 4.98 Å². The molecule has 2 aliphatic rings. The fourth-order valence-electron chi connectivity index (χ4n) is 3.52. The van der Waals surface area contributed by atoms with Gasteiger partial charge in [0.2, 0.25) is 0 Å². The number of H-pyrrole nitrogens is 1. The third kappa shape index (κ3) is 2.32. The quantitative estimate of drug-likeness (QED) is 0.947. The van der Waals surface area contributed by atoms with E-state index in [0.717, 1.165) is 42.8 Å². The highest BCUT2D eigenvalue weighted by atomic mass is 32.2. The molecule has 1 atom stereocenters. The van der Waals surface area contributed by atoms with Crippen LogP contribution in [0.4, 0.5) is 0 Å². The number of fused-ring (bicyclic) bond motifs is 1. The van der Waals surface area contributed by atoms with Crippen LogP contribution in [0.5, 0.6) is 0 Å². The highest BCUT2D eigenvalue weighted by molar-refractivity contribution is 8.01. The van der Waals surface area contributed by atoms with Gasteiger partial charge in [-0.15, -0.1) is 11.8 Å². The molecule has 4 nitrogen and oxygen atoms in total. The van der Waals surface area contributed by atoms with Gasteiger partial charge in [0.1, 0.15) is 5.69 Å². The summed E-state index contributed by atoms with van der Waals surface area (Å²) in [5.74, 6) is 1.17. The Morgan fingerprint density at radius 3 is 3.05 bits per heavy atom. The molecule has 1 aromatic carbocycles. The normalized spacial score (nSPS) is 23.1. The monoisotopic (exact) mass is 316 g/mol. The standard InChI is InChI=1S/C17H20N2O2S/c1-2-21-13-8-17(22-9-13)10-19(11-17)16(20)15-7-12-5-3-4-6-14(12)18-15/h3-7,13,18H,2,8-11H2,1H3. The van der Waals surface area contributed by atoms with Crippen molar-refractivity contribution >= 4 is 28.6 Å². The lowest BCUT2D eigenvalue weighted by atomic mass is 9.92. The predicted octanol–water partition coefficient (Wildman–Crippen LogP) is 2.90. The lowest BCUT2D eigenvalue weighted by Crippen LogP contribution is -2.60. The maximum atomic E-state index is 12.6. The minimum absolute atomic E-state index is 0.113. The summed E-state index contributed by atoms with van der Waals surface area (Å²) in [7, 11) is 0. The maximum absolute atomic E-state index is 12.6. The fourth-order valence-corrected chi connectivity index (χ4v) is 5.07. The van der Waals surface area contributed by atoms with E-state index in [-0.39, 0.29) is 10.7 Å². The average Bonchev–Trinajstić information content (AvgIpc) is 3.09. The number of likely N-dealkylation sites (tertiary alicyclic amines) is 1. The first-order valence-corrected chi connectivity index (χ1v) is 8.80. The largest absolute Gasteiger partial charge is 0.378 e. The Hall–Kier alpha value is -1.46. The van der Waals surface area contributed by atoms with Crippen LogP contribution in [0, 0.1) is 0 Å². The van der Waals surface area contributed by atoms with E-state index in [1.165, 1.54) is 0 Å². The molecule has 2 aromatic rings. The van der Waals surface area contributed by atoms with E-state index in [4.69, 9.17) is 4.74 Å². The maximum Gasteiger partial charge on any atom is 0.270 e. The van der Waals surface area contributed by atoms with Crippen LogP contribution in [0.15, 0.2) is 30.3 Å². The van der Waals surface area contributed by atoms with Crippen molar-refractivity contribution in [1.29, 1.82) is 0 Å². The highest BCUT2D eigenvalue weighted by Gasteiger charge is 2.51. The number of thioether (sulfide) groups is 1. The number of nitrogens with one attached hydrogen (secondary N) is 1. The molecular weight excluding hydrogens is 296 g/mol. The number of aromatic nitrogens is 1. The number of nitrogens with zero attached hydrogens (tertiary/aromatic N) is 1. The fraction of sp³-hybridized carbons (Fsp3) is 0.471. The Kier molecular flexibility index (Phi) is 3.42. The van der Waals surface area contributed by atoms with Crippen LogP contribution in [0.1, 0.15) is 23.8 Å². The van der Waals surface area contributed by atoms with Crippen molar-refractivity contribution in [2.24, 2.45) is 0 Å². The van der Waals surface area contributed by atoms with Crippen LogP contribution in [-0.2, 0) is 4.74 Å². The highest BCUT2D eigenvalue weighted by Crippen LogP contribution is 2.46. The number of amides is 1. The number of benzene rings is 1. The predicted molar refractivity (Wildman–Crippen MR) is 89.4 cm³/mol. The summed E-state index contributed by atoms with van der Waals surface area (Å²) in [4.78, 5) is 17.8. The van der Waals surface area contributed by atoms with Gasteiger partial charge in [-0.3, -0.25) is 4.79 Å². The van der Waals surface area contributed by atoms with E-state index in [1.807, 2.05) is 53.9 Å². The van der Waals surface area contributed by atoms with Crippen LogP contribution in [0.3, 0.4) is 0 Å². The number of hydrogen-bond acceptors (Lipinski definition) is 3. The molecule has 0 radical (unpaired) electrons. The number of carbonyl (C=O) groups excluding carboxylic acids is 1. The van der Waals surface area contributed by atoms with Crippen LogP contribution < -0.4 is 0 Å². The van der Waals surface area contributed by atoms with E-state index in [0.29, 0.717) is 11.8 Å². The average molecular weight is 316 g/mol. The van der Waals surface area contributed by atoms with Crippen molar-refractivity contribution in [3.05, 3.63) is 36.0 Å². The van der Waals surface area contributed by atoms with Crippen molar-refractivity contribution in [2.75, 3.05) is 25.4 Å². The number of hydrogen-bond donors (Lipinski definition) is 1. The van der Waals surface area contributed by atoms with Crippen molar-refractivity contribution < 1.29 is 9.53 Å².